The number of ketones is 1. The van der Waals surface area contributed by atoms with Crippen molar-refractivity contribution in [1.82, 2.24) is 4.90 Å². The summed E-state index contributed by atoms with van der Waals surface area (Å²) < 4.78 is 30.9. The Hall–Kier alpha value is -3.66. The van der Waals surface area contributed by atoms with Gasteiger partial charge in [-0.25, -0.2) is 4.39 Å². The molecule has 0 spiro atoms. The molecule has 0 saturated carbocycles. The molecule has 2 aromatic carbocycles. The Morgan fingerprint density at radius 3 is 2.05 bits per heavy atom. The average molecular weight is 616 g/mol. The highest BCUT2D eigenvalue weighted by Gasteiger charge is 2.28. The topological polar surface area (TPSA) is 112 Å². The van der Waals surface area contributed by atoms with Crippen molar-refractivity contribution in [3.63, 3.8) is 0 Å². The molecule has 44 heavy (non-hydrogen) atoms. The summed E-state index contributed by atoms with van der Waals surface area (Å²) in [5.74, 6) is 0.673. The fourth-order valence-electron chi connectivity index (χ4n) is 5.17. The van der Waals surface area contributed by atoms with E-state index >= 15 is 0 Å². The molecule has 0 radical (unpaired) electrons. The van der Waals surface area contributed by atoms with Crippen LogP contribution in [-0.2, 0) is 16.6 Å². The minimum atomic E-state index is -0.493. The van der Waals surface area contributed by atoms with Gasteiger partial charge in [-0.15, -0.1) is 0 Å². The third kappa shape index (κ3) is 8.71. The number of methoxy groups -OCH3 is 1. The van der Waals surface area contributed by atoms with E-state index in [1.54, 1.807) is 31.9 Å². The Kier molecular flexibility index (Phi) is 13.6. The molecule has 3 rings (SSSR count). The monoisotopic (exact) mass is 615 g/mol. The lowest BCUT2D eigenvalue weighted by Crippen LogP contribution is -2.49. The van der Waals surface area contributed by atoms with Crippen molar-refractivity contribution in [2.75, 3.05) is 58.0 Å². The molecule has 0 atom stereocenters. The molecule has 0 unspecified atom stereocenters. The van der Waals surface area contributed by atoms with Gasteiger partial charge in [0.15, 0.2) is 23.1 Å². The van der Waals surface area contributed by atoms with Crippen molar-refractivity contribution in [1.29, 1.82) is 5.41 Å². The maximum absolute atomic E-state index is 14.4. The Labute approximate surface area is 261 Å². The van der Waals surface area contributed by atoms with Crippen molar-refractivity contribution in [2.24, 2.45) is 0 Å². The van der Waals surface area contributed by atoms with Gasteiger partial charge in [-0.05, 0) is 56.4 Å². The van der Waals surface area contributed by atoms with E-state index in [0.717, 1.165) is 22.6 Å². The number of Topliss-reactive ketones (excluding diaryl/α,β-unsaturated/α-hetero) is 1. The number of anilines is 1. The number of halogens is 1. The number of piperazine rings is 1. The molecule has 1 saturated heterocycles. The van der Waals surface area contributed by atoms with Crippen LogP contribution in [0.15, 0.2) is 18.2 Å². The fraction of sp³-hybridized carbons (Fsp3) is 0.559. The maximum Gasteiger partial charge on any atom is 0.248 e. The van der Waals surface area contributed by atoms with Gasteiger partial charge in [0.1, 0.15) is 12.4 Å². The Balaban J connectivity index is 0.000000329. The van der Waals surface area contributed by atoms with E-state index < -0.39 is 12.4 Å². The number of aryl methyl sites for hydroxylation is 1. The Bertz CT molecular complexity index is 1310. The Morgan fingerprint density at radius 1 is 0.977 bits per heavy atom. The second kappa shape index (κ2) is 16.4. The van der Waals surface area contributed by atoms with Gasteiger partial charge in [0.2, 0.25) is 5.91 Å². The summed E-state index contributed by atoms with van der Waals surface area (Å²) in [5.41, 5.74) is 3.72. The smallest absolute Gasteiger partial charge is 0.248 e. The van der Waals surface area contributed by atoms with Gasteiger partial charge in [-0.2, -0.15) is 0 Å². The van der Waals surface area contributed by atoms with E-state index in [2.05, 4.69) is 25.7 Å². The summed E-state index contributed by atoms with van der Waals surface area (Å²) >= 11 is 0. The van der Waals surface area contributed by atoms with Crippen LogP contribution in [0.1, 0.15) is 88.9 Å². The number of carbonyl (C=O) groups excluding carboxylic acids is 2. The Morgan fingerprint density at radius 2 is 1.59 bits per heavy atom. The number of hydrogen-bond donors (Lipinski definition) is 2. The summed E-state index contributed by atoms with van der Waals surface area (Å²) in [6, 6.07) is 5.62. The SMILES string of the molecule is CCC(=O)c1cc(N2CCN(C(=O)CO)CC2)c(OC)c(C(C)(C)C)c1.CCOc1cc(CC)c(C(C)=N)c(F)c1OCC. The summed E-state index contributed by atoms with van der Waals surface area (Å²) in [6.45, 7) is 18.0. The minimum Gasteiger partial charge on any atom is -0.494 e. The number of amides is 1. The first kappa shape index (κ1) is 36.5. The fourth-order valence-corrected chi connectivity index (χ4v) is 5.17. The maximum atomic E-state index is 14.4. The number of nitrogens with one attached hydrogen (secondary N) is 1. The standard InChI is InChI=1S/C20H30N2O4.C14H20FNO2/c1-6-17(24)14-11-15(20(2,3)4)19(26-5)16(12-14)21-7-9-22(10-8-21)18(25)13-23;1-5-10-8-11(17-6-2)14(18-7-3)13(15)12(10)9(4)16/h11-12,23H,6-10,13H2,1-5H3;8,16H,5-7H2,1-4H3. The van der Waals surface area contributed by atoms with Crippen molar-refractivity contribution in [2.45, 2.75) is 73.6 Å². The molecule has 1 amide bonds. The molecule has 0 bridgehead atoms. The largest absolute Gasteiger partial charge is 0.494 e. The molecular formula is C34H50FN3O6. The number of aliphatic hydroxyl groups is 1. The van der Waals surface area contributed by atoms with Crippen LogP contribution in [0.3, 0.4) is 0 Å². The highest BCUT2D eigenvalue weighted by molar-refractivity contribution is 5.99. The molecule has 1 aliphatic heterocycles. The van der Waals surface area contributed by atoms with E-state index in [4.69, 9.17) is 24.7 Å². The van der Waals surface area contributed by atoms with Gasteiger partial charge < -0.3 is 34.5 Å². The second-order valence-corrected chi connectivity index (χ2v) is 11.5. The molecule has 2 N–H and O–H groups in total. The van der Waals surface area contributed by atoms with Crippen LogP contribution in [0.5, 0.6) is 17.2 Å². The number of carbonyl (C=O) groups is 2. The molecule has 2 aromatic rings. The molecule has 1 fully saturated rings. The van der Waals surface area contributed by atoms with E-state index in [0.29, 0.717) is 69.1 Å². The van der Waals surface area contributed by atoms with Crippen LogP contribution in [0.25, 0.3) is 0 Å². The molecule has 0 aromatic heterocycles. The van der Waals surface area contributed by atoms with E-state index in [9.17, 15) is 14.0 Å². The van der Waals surface area contributed by atoms with Crippen LogP contribution in [0, 0.1) is 11.2 Å². The lowest BCUT2D eigenvalue weighted by molar-refractivity contribution is -0.134. The van der Waals surface area contributed by atoms with E-state index in [-0.39, 0.29) is 28.6 Å². The van der Waals surface area contributed by atoms with Gasteiger partial charge in [-0.1, -0.05) is 34.6 Å². The molecule has 0 aliphatic carbocycles. The van der Waals surface area contributed by atoms with Crippen molar-refractivity contribution in [3.8, 4) is 17.2 Å². The van der Waals surface area contributed by atoms with Crippen molar-refractivity contribution >= 4 is 23.1 Å². The first-order valence-electron chi connectivity index (χ1n) is 15.3. The quantitative estimate of drug-likeness (QED) is 0.243. The molecule has 10 heteroatoms. The molecule has 9 nitrogen and oxygen atoms in total. The molecule has 244 valence electrons. The molecule has 1 aliphatic rings. The summed E-state index contributed by atoms with van der Waals surface area (Å²) in [6.07, 6.45) is 1.10. The predicted molar refractivity (Wildman–Crippen MR) is 173 cm³/mol. The lowest BCUT2D eigenvalue weighted by atomic mass is 9.84. The highest BCUT2D eigenvalue weighted by Crippen LogP contribution is 2.41. The van der Waals surface area contributed by atoms with Gasteiger partial charge in [0, 0.05) is 55.0 Å². The third-order valence-electron chi connectivity index (χ3n) is 7.45. The first-order chi connectivity index (χ1) is 20.8. The zero-order valence-electron chi connectivity index (χ0n) is 27.9. The van der Waals surface area contributed by atoms with Gasteiger partial charge in [0.25, 0.3) is 0 Å². The number of nitrogens with zero attached hydrogens (tertiary/aromatic N) is 2. The van der Waals surface area contributed by atoms with Crippen LogP contribution < -0.4 is 19.1 Å². The summed E-state index contributed by atoms with van der Waals surface area (Å²) in [4.78, 5) is 27.9. The molecule has 1 heterocycles. The lowest BCUT2D eigenvalue weighted by Gasteiger charge is -2.37. The highest BCUT2D eigenvalue weighted by atomic mass is 19.1. The van der Waals surface area contributed by atoms with Crippen LogP contribution in [0.2, 0.25) is 0 Å². The zero-order valence-corrected chi connectivity index (χ0v) is 27.9. The van der Waals surface area contributed by atoms with Gasteiger partial charge in [-0.3, -0.25) is 9.59 Å². The second-order valence-electron chi connectivity index (χ2n) is 11.5. The van der Waals surface area contributed by atoms with Gasteiger partial charge >= 0.3 is 0 Å². The van der Waals surface area contributed by atoms with Crippen molar-refractivity contribution < 1.29 is 33.3 Å². The van der Waals surface area contributed by atoms with E-state index in [1.165, 1.54) is 0 Å². The van der Waals surface area contributed by atoms with E-state index in [1.807, 2.05) is 32.9 Å². The summed E-state index contributed by atoms with van der Waals surface area (Å²) in [5, 5.41) is 16.7. The number of ether oxygens (including phenoxy) is 3. The van der Waals surface area contributed by atoms with Crippen LogP contribution >= 0.6 is 0 Å². The minimum absolute atomic E-state index is 0.105. The number of benzene rings is 2. The predicted octanol–water partition coefficient (Wildman–Crippen LogP) is 5.80. The molecular weight excluding hydrogens is 565 g/mol. The summed E-state index contributed by atoms with van der Waals surface area (Å²) in [7, 11) is 1.65. The first-order valence-corrected chi connectivity index (χ1v) is 15.3. The third-order valence-corrected chi connectivity index (χ3v) is 7.45. The van der Waals surface area contributed by atoms with Crippen LogP contribution in [-0.4, -0.2) is 80.5 Å². The van der Waals surface area contributed by atoms with Crippen molar-refractivity contribution in [3.05, 3.63) is 46.3 Å². The number of aliphatic hydroxyl groups excluding tert-OH is 1. The average Bonchev–Trinajstić information content (AvgIpc) is 3.00. The van der Waals surface area contributed by atoms with Gasteiger partial charge in [0.05, 0.1) is 26.0 Å². The normalized spacial score (nSPS) is 13.2. The number of hydrogen-bond acceptors (Lipinski definition) is 8. The zero-order chi connectivity index (χ0) is 33.2. The van der Waals surface area contributed by atoms with Crippen LogP contribution in [0.4, 0.5) is 10.1 Å². The number of rotatable bonds is 11.